The Labute approximate surface area is 124 Å². The summed E-state index contributed by atoms with van der Waals surface area (Å²) in [5.41, 5.74) is 0.767. The number of rotatable bonds is 8. The fourth-order valence-electron chi connectivity index (χ4n) is 2.27. The molecule has 5 nitrogen and oxygen atoms in total. The number of ether oxygens (including phenoxy) is 2. The predicted molar refractivity (Wildman–Crippen MR) is 81.7 cm³/mol. The molecule has 0 aliphatic carbocycles. The maximum Gasteiger partial charge on any atom is 0.176 e. The third-order valence-corrected chi connectivity index (χ3v) is 3.46. The van der Waals surface area contributed by atoms with E-state index in [1.54, 1.807) is 14.2 Å². The largest absolute Gasteiger partial charge is 0.493 e. The molecule has 2 unspecified atom stereocenters. The standard InChI is InChI=1S/C16H23NO4/c1-11(17-8-7-13(18)10-19-2)15-9-12-5-4-6-14(20-3)16(12)21-15/h4-6,9,11,13,17-18H,7-8,10H2,1-3H3. The third kappa shape index (κ3) is 3.97. The molecule has 0 aliphatic rings. The molecule has 0 fully saturated rings. The van der Waals surface area contributed by atoms with Crippen LogP contribution in [0.25, 0.3) is 11.0 Å². The van der Waals surface area contributed by atoms with E-state index >= 15 is 0 Å². The molecule has 1 aromatic heterocycles. The van der Waals surface area contributed by atoms with E-state index in [4.69, 9.17) is 13.9 Å². The number of aliphatic hydroxyl groups excluding tert-OH is 1. The number of nitrogens with one attached hydrogen (secondary N) is 1. The van der Waals surface area contributed by atoms with E-state index in [1.165, 1.54) is 0 Å². The minimum Gasteiger partial charge on any atom is -0.493 e. The normalized spacial score (nSPS) is 14.3. The van der Waals surface area contributed by atoms with Gasteiger partial charge in [0, 0.05) is 12.5 Å². The smallest absolute Gasteiger partial charge is 0.176 e. The third-order valence-electron chi connectivity index (χ3n) is 3.46. The summed E-state index contributed by atoms with van der Waals surface area (Å²) in [6.45, 7) is 3.09. The van der Waals surface area contributed by atoms with Crippen LogP contribution in [0.3, 0.4) is 0 Å². The van der Waals surface area contributed by atoms with E-state index in [0.29, 0.717) is 19.6 Å². The van der Waals surface area contributed by atoms with Crippen LogP contribution in [0.15, 0.2) is 28.7 Å². The van der Waals surface area contributed by atoms with Gasteiger partial charge in [0.05, 0.1) is 25.9 Å². The summed E-state index contributed by atoms with van der Waals surface area (Å²) < 4.78 is 16.1. The maximum absolute atomic E-state index is 9.61. The Morgan fingerprint density at radius 1 is 1.33 bits per heavy atom. The molecule has 0 radical (unpaired) electrons. The monoisotopic (exact) mass is 293 g/mol. The Hall–Kier alpha value is -1.56. The lowest BCUT2D eigenvalue weighted by Crippen LogP contribution is -2.25. The van der Waals surface area contributed by atoms with Crippen LogP contribution < -0.4 is 10.1 Å². The van der Waals surface area contributed by atoms with Crippen molar-refractivity contribution in [3.63, 3.8) is 0 Å². The number of para-hydroxylation sites is 1. The van der Waals surface area contributed by atoms with E-state index in [2.05, 4.69) is 5.32 Å². The highest BCUT2D eigenvalue weighted by Crippen LogP contribution is 2.30. The van der Waals surface area contributed by atoms with Gasteiger partial charge in [0.2, 0.25) is 0 Å². The maximum atomic E-state index is 9.61. The van der Waals surface area contributed by atoms with Crippen LogP contribution in [0.1, 0.15) is 25.1 Å². The van der Waals surface area contributed by atoms with Gasteiger partial charge in [-0.3, -0.25) is 0 Å². The van der Waals surface area contributed by atoms with Crippen LogP contribution in [0.2, 0.25) is 0 Å². The zero-order valence-electron chi connectivity index (χ0n) is 12.8. The van der Waals surface area contributed by atoms with E-state index in [9.17, 15) is 5.11 Å². The van der Waals surface area contributed by atoms with Crippen molar-refractivity contribution in [1.29, 1.82) is 0 Å². The first-order valence-corrected chi connectivity index (χ1v) is 7.12. The Balaban J connectivity index is 1.98. The highest BCUT2D eigenvalue weighted by Gasteiger charge is 2.14. The quantitative estimate of drug-likeness (QED) is 0.783. The molecule has 116 valence electrons. The second-order valence-corrected chi connectivity index (χ2v) is 5.10. The number of hydrogen-bond donors (Lipinski definition) is 2. The predicted octanol–water partition coefficient (Wildman–Crippen LogP) is 2.49. The van der Waals surface area contributed by atoms with Crippen molar-refractivity contribution in [2.24, 2.45) is 0 Å². The van der Waals surface area contributed by atoms with Gasteiger partial charge in [0.25, 0.3) is 0 Å². The Bertz CT molecular complexity index is 566. The summed E-state index contributed by atoms with van der Waals surface area (Å²) in [6, 6.07) is 7.91. The van der Waals surface area contributed by atoms with Crippen molar-refractivity contribution < 1.29 is 19.0 Å². The van der Waals surface area contributed by atoms with Gasteiger partial charge in [0.1, 0.15) is 5.76 Å². The number of benzene rings is 1. The first kappa shape index (κ1) is 15.8. The molecular weight excluding hydrogens is 270 g/mol. The summed E-state index contributed by atoms with van der Waals surface area (Å²) in [5, 5.41) is 14.0. The van der Waals surface area contributed by atoms with Gasteiger partial charge in [-0.25, -0.2) is 0 Å². The Kier molecular flexibility index (Phi) is 5.61. The number of aliphatic hydroxyl groups is 1. The molecule has 5 heteroatoms. The van der Waals surface area contributed by atoms with Gasteiger partial charge in [0.15, 0.2) is 11.3 Å². The molecule has 2 aromatic rings. The van der Waals surface area contributed by atoms with Crippen LogP contribution in [-0.4, -0.2) is 38.6 Å². The minimum absolute atomic E-state index is 0.0665. The molecular formula is C16H23NO4. The Morgan fingerprint density at radius 3 is 2.86 bits per heavy atom. The number of hydrogen-bond acceptors (Lipinski definition) is 5. The van der Waals surface area contributed by atoms with E-state index in [1.807, 2.05) is 31.2 Å². The molecule has 0 bridgehead atoms. The molecule has 0 saturated carbocycles. The van der Waals surface area contributed by atoms with Crippen molar-refractivity contribution in [3.8, 4) is 5.75 Å². The molecule has 2 atom stereocenters. The lowest BCUT2D eigenvalue weighted by molar-refractivity contribution is 0.0589. The highest BCUT2D eigenvalue weighted by molar-refractivity contribution is 5.83. The van der Waals surface area contributed by atoms with E-state index in [-0.39, 0.29) is 6.04 Å². The number of furan rings is 1. The van der Waals surface area contributed by atoms with Gasteiger partial charge in [-0.15, -0.1) is 0 Å². The summed E-state index contributed by atoms with van der Waals surface area (Å²) in [5.74, 6) is 1.59. The van der Waals surface area contributed by atoms with Crippen LogP contribution >= 0.6 is 0 Å². The van der Waals surface area contributed by atoms with E-state index in [0.717, 1.165) is 22.5 Å². The molecule has 0 aliphatic heterocycles. The number of fused-ring (bicyclic) bond motifs is 1. The van der Waals surface area contributed by atoms with Gasteiger partial charge in [-0.2, -0.15) is 0 Å². The minimum atomic E-state index is -0.439. The van der Waals surface area contributed by atoms with Crippen molar-refractivity contribution in [1.82, 2.24) is 5.32 Å². The first-order valence-electron chi connectivity index (χ1n) is 7.12. The van der Waals surface area contributed by atoms with Gasteiger partial charge in [-0.05, 0) is 32.0 Å². The van der Waals surface area contributed by atoms with Crippen LogP contribution in [-0.2, 0) is 4.74 Å². The van der Waals surface area contributed by atoms with Gasteiger partial charge in [-0.1, -0.05) is 12.1 Å². The van der Waals surface area contributed by atoms with Crippen molar-refractivity contribution in [2.45, 2.75) is 25.5 Å². The van der Waals surface area contributed by atoms with Gasteiger partial charge < -0.3 is 24.3 Å². The number of methoxy groups -OCH3 is 2. The molecule has 21 heavy (non-hydrogen) atoms. The summed E-state index contributed by atoms with van der Waals surface area (Å²) in [6.07, 6.45) is 0.201. The molecule has 2 N–H and O–H groups in total. The van der Waals surface area contributed by atoms with Crippen molar-refractivity contribution in [3.05, 3.63) is 30.0 Å². The van der Waals surface area contributed by atoms with Crippen LogP contribution in [0.5, 0.6) is 5.75 Å². The first-order chi connectivity index (χ1) is 10.2. The summed E-state index contributed by atoms with van der Waals surface area (Å²) in [4.78, 5) is 0. The summed E-state index contributed by atoms with van der Waals surface area (Å²) in [7, 11) is 3.22. The SMILES string of the molecule is COCC(O)CCNC(C)c1cc2cccc(OC)c2o1. The lowest BCUT2D eigenvalue weighted by atomic mass is 10.2. The van der Waals surface area contributed by atoms with Crippen LogP contribution in [0, 0.1) is 0 Å². The van der Waals surface area contributed by atoms with Gasteiger partial charge >= 0.3 is 0 Å². The zero-order chi connectivity index (χ0) is 15.2. The second kappa shape index (κ2) is 7.45. The highest BCUT2D eigenvalue weighted by atomic mass is 16.5. The average Bonchev–Trinajstić information content (AvgIpc) is 2.91. The van der Waals surface area contributed by atoms with Crippen LogP contribution in [0.4, 0.5) is 0 Å². The molecule has 2 rings (SSSR count). The molecule has 0 amide bonds. The second-order valence-electron chi connectivity index (χ2n) is 5.10. The lowest BCUT2D eigenvalue weighted by Gasteiger charge is -2.13. The average molecular weight is 293 g/mol. The fraction of sp³-hybridized carbons (Fsp3) is 0.500. The van der Waals surface area contributed by atoms with E-state index < -0.39 is 6.10 Å². The van der Waals surface area contributed by atoms with Crippen molar-refractivity contribution >= 4 is 11.0 Å². The molecule has 0 spiro atoms. The molecule has 1 aromatic carbocycles. The zero-order valence-corrected chi connectivity index (χ0v) is 12.8. The Morgan fingerprint density at radius 2 is 2.14 bits per heavy atom. The fourth-order valence-corrected chi connectivity index (χ4v) is 2.27. The topological polar surface area (TPSA) is 63.9 Å². The molecule has 1 heterocycles. The molecule has 0 saturated heterocycles. The summed E-state index contributed by atoms with van der Waals surface area (Å²) >= 11 is 0. The van der Waals surface area contributed by atoms with Crippen molar-refractivity contribution in [2.75, 3.05) is 27.4 Å².